The molecule has 2 amide bonds. The van der Waals surface area contributed by atoms with Crippen LogP contribution in [0.4, 0.5) is 11.4 Å². The lowest BCUT2D eigenvalue weighted by Crippen LogP contribution is -2.46. The maximum atomic E-state index is 12.3. The molecule has 1 unspecified atom stereocenters. The van der Waals surface area contributed by atoms with Gasteiger partial charge in [-0.1, -0.05) is 45.0 Å². The second kappa shape index (κ2) is 8.61. The molecule has 0 aliphatic carbocycles. The molecule has 1 atom stereocenters. The topological polar surface area (TPSA) is 70.7 Å². The predicted molar refractivity (Wildman–Crippen MR) is 121 cm³/mol. The van der Waals surface area contributed by atoms with Crippen LogP contribution in [0, 0.1) is 0 Å². The van der Waals surface area contributed by atoms with E-state index in [0.717, 1.165) is 11.3 Å². The molecular weight excluding hydrogens is 378 g/mol. The number of rotatable bonds is 4. The fourth-order valence-electron chi connectivity index (χ4n) is 3.28. The minimum Gasteiger partial charge on any atom is -0.477 e. The van der Waals surface area contributed by atoms with Gasteiger partial charge in [0.2, 0.25) is 5.91 Å². The van der Waals surface area contributed by atoms with Crippen molar-refractivity contribution in [1.29, 1.82) is 0 Å². The Morgan fingerprint density at radius 3 is 2.47 bits per heavy atom. The van der Waals surface area contributed by atoms with Gasteiger partial charge in [0.05, 0.1) is 12.2 Å². The number of carbonyl (C=O) groups is 2. The highest BCUT2D eigenvalue weighted by Crippen LogP contribution is 2.35. The van der Waals surface area contributed by atoms with Crippen LogP contribution in [0.25, 0.3) is 6.08 Å². The monoisotopic (exact) mass is 407 g/mol. The molecule has 0 spiro atoms. The van der Waals surface area contributed by atoms with Gasteiger partial charge in [0.1, 0.15) is 5.75 Å². The van der Waals surface area contributed by atoms with Crippen LogP contribution in [-0.4, -0.2) is 38.6 Å². The van der Waals surface area contributed by atoms with Gasteiger partial charge in [0.15, 0.2) is 6.10 Å². The van der Waals surface area contributed by atoms with Gasteiger partial charge in [0.25, 0.3) is 5.91 Å². The van der Waals surface area contributed by atoms with E-state index in [4.69, 9.17) is 4.74 Å². The summed E-state index contributed by atoms with van der Waals surface area (Å²) in [6.07, 6.45) is 2.76. The number of hydrogen-bond acceptors (Lipinski definition) is 4. The number of nitrogens with zero attached hydrogens (tertiary/aromatic N) is 1. The van der Waals surface area contributed by atoms with Crippen molar-refractivity contribution in [2.24, 2.45) is 0 Å². The highest BCUT2D eigenvalue weighted by Gasteiger charge is 2.28. The van der Waals surface area contributed by atoms with Crippen LogP contribution in [-0.2, 0) is 15.0 Å². The second-order valence-corrected chi connectivity index (χ2v) is 8.48. The van der Waals surface area contributed by atoms with Crippen LogP contribution in [0.15, 0.2) is 48.5 Å². The molecule has 0 saturated heterocycles. The molecule has 1 aliphatic heterocycles. The molecule has 3 rings (SSSR count). The lowest BCUT2D eigenvalue weighted by molar-refractivity contribution is -0.127. The van der Waals surface area contributed by atoms with Crippen LogP contribution in [0.2, 0.25) is 0 Å². The molecule has 2 N–H and O–H groups in total. The number of amides is 2. The first kappa shape index (κ1) is 21.4. The average molecular weight is 408 g/mol. The Morgan fingerprint density at radius 1 is 1.13 bits per heavy atom. The Hall–Kier alpha value is -3.28. The van der Waals surface area contributed by atoms with E-state index < -0.39 is 6.10 Å². The van der Waals surface area contributed by atoms with Crippen LogP contribution in [0.5, 0.6) is 5.75 Å². The Bertz CT molecular complexity index is 959. The number of benzene rings is 2. The van der Waals surface area contributed by atoms with Crippen molar-refractivity contribution < 1.29 is 14.3 Å². The predicted octanol–water partition coefficient (Wildman–Crippen LogP) is 3.58. The number of fused-ring (bicyclic) bond motifs is 1. The standard InChI is InChI=1S/C24H29N3O3/c1-24(2,3)17-9-6-16(7-10-17)8-13-22(28)26-18-11-12-20-19(14-18)27(5)15-21(30-20)23(29)25-4/h6-14,21H,15H2,1-5H3,(H,25,29)(H,26,28)/b13-8+. The van der Waals surface area contributed by atoms with Gasteiger partial charge >= 0.3 is 0 Å². The molecule has 1 heterocycles. The van der Waals surface area contributed by atoms with Crippen LogP contribution < -0.4 is 20.3 Å². The third kappa shape index (κ3) is 5.00. The molecule has 30 heavy (non-hydrogen) atoms. The maximum absolute atomic E-state index is 12.3. The first-order valence-electron chi connectivity index (χ1n) is 10.0. The van der Waals surface area contributed by atoms with Crippen molar-refractivity contribution in [3.05, 3.63) is 59.7 Å². The zero-order chi connectivity index (χ0) is 21.9. The summed E-state index contributed by atoms with van der Waals surface area (Å²) in [6.45, 7) is 6.95. The fourth-order valence-corrected chi connectivity index (χ4v) is 3.28. The summed E-state index contributed by atoms with van der Waals surface area (Å²) in [7, 11) is 3.48. The molecule has 0 fully saturated rings. The van der Waals surface area contributed by atoms with E-state index in [1.165, 1.54) is 11.6 Å². The third-order valence-electron chi connectivity index (χ3n) is 5.09. The zero-order valence-corrected chi connectivity index (χ0v) is 18.2. The van der Waals surface area contributed by atoms with E-state index in [9.17, 15) is 9.59 Å². The molecule has 1 aliphatic rings. The van der Waals surface area contributed by atoms with Crippen LogP contribution >= 0.6 is 0 Å². The van der Waals surface area contributed by atoms with Gasteiger partial charge in [0, 0.05) is 25.9 Å². The first-order valence-corrected chi connectivity index (χ1v) is 10.0. The van der Waals surface area contributed by atoms with Crippen molar-refractivity contribution in [2.45, 2.75) is 32.3 Å². The van der Waals surface area contributed by atoms with Crippen LogP contribution in [0.1, 0.15) is 31.9 Å². The van der Waals surface area contributed by atoms with Gasteiger partial charge in [-0.15, -0.1) is 0 Å². The van der Waals surface area contributed by atoms with Gasteiger partial charge in [-0.25, -0.2) is 0 Å². The molecule has 0 radical (unpaired) electrons. The van der Waals surface area contributed by atoms with Gasteiger partial charge in [-0.2, -0.15) is 0 Å². The smallest absolute Gasteiger partial charge is 0.262 e. The number of carbonyl (C=O) groups excluding carboxylic acids is 2. The Kier molecular flexibility index (Phi) is 6.15. The Morgan fingerprint density at radius 2 is 1.83 bits per heavy atom. The van der Waals surface area contributed by atoms with E-state index in [0.29, 0.717) is 18.0 Å². The number of ether oxygens (including phenoxy) is 1. The summed E-state index contributed by atoms with van der Waals surface area (Å²) >= 11 is 0. The number of nitrogens with one attached hydrogen (secondary N) is 2. The second-order valence-electron chi connectivity index (χ2n) is 8.48. The van der Waals surface area contributed by atoms with Gasteiger partial charge in [-0.3, -0.25) is 9.59 Å². The third-order valence-corrected chi connectivity index (χ3v) is 5.09. The Balaban J connectivity index is 1.66. The van der Waals surface area contributed by atoms with Crippen molar-refractivity contribution >= 4 is 29.3 Å². The highest BCUT2D eigenvalue weighted by atomic mass is 16.5. The molecule has 6 nitrogen and oxygen atoms in total. The molecule has 6 heteroatoms. The average Bonchev–Trinajstić information content (AvgIpc) is 2.71. The normalized spacial score (nSPS) is 16.0. The van der Waals surface area contributed by atoms with Crippen molar-refractivity contribution in [2.75, 3.05) is 30.9 Å². The summed E-state index contributed by atoms with van der Waals surface area (Å²) in [5, 5.41) is 5.48. The maximum Gasteiger partial charge on any atom is 0.262 e. The van der Waals surface area contributed by atoms with E-state index in [1.54, 1.807) is 25.3 Å². The van der Waals surface area contributed by atoms with Gasteiger partial charge < -0.3 is 20.3 Å². The summed E-state index contributed by atoms with van der Waals surface area (Å²) in [6, 6.07) is 13.6. The molecule has 0 saturated carbocycles. The van der Waals surface area contributed by atoms with Crippen molar-refractivity contribution in [3.63, 3.8) is 0 Å². The number of likely N-dealkylation sites (N-methyl/N-ethyl adjacent to an activating group) is 2. The molecular formula is C24H29N3O3. The van der Waals surface area contributed by atoms with Gasteiger partial charge in [-0.05, 0) is 40.8 Å². The minimum absolute atomic E-state index is 0.100. The summed E-state index contributed by atoms with van der Waals surface area (Å²) < 4.78 is 5.77. The molecule has 2 aromatic rings. The minimum atomic E-state index is -0.555. The lowest BCUT2D eigenvalue weighted by atomic mass is 9.87. The number of anilines is 2. The molecule has 0 bridgehead atoms. The SMILES string of the molecule is CNC(=O)C1CN(C)c2cc(NC(=O)/C=C/c3ccc(C(C)(C)C)cc3)ccc2O1. The van der Waals surface area contributed by atoms with Crippen molar-refractivity contribution in [3.8, 4) is 5.75 Å². The van der Waals surface area contributed by atoms with E-state index in [2.05, 4.69) is 43.5 Å². The highest BCUT2D eigenvalue weighted by molar-refractivity contribution is 6.02. The van der Waals surface area contributed by atoms with Crippen molar-refractivity contribution in [1.82, 2.24) is 5.32 Å². The molecule has 158 valence electrons. The first-order chi connectivity index (χ1) is 14.2. The fraction of sp³-hybridized carbons (Fsp3) is 0.333. The number of hydrogen-bond donors (Lipinski definition) is 2. The Labute approximate surface area is 177 Å². The zero-order valence-electron chi connectivity index (χ0n) is 18.2. The molecule has 0 aromatic heterocycles. The van der Waals surface area contributed by atoms with Crippen LogP contribution in [0.3, 0.4) is 0 Å². The largest absolute Gasteiger partial charge is 0.477 e. The molecule has 2 aromatic carbocycles. The van der Waals surface area contributed by atoms with E-state index in [1.807, 2.05) is 30.1 Å². The quantitative estimate of drug-likeness (QED) is 0.760. The lowest BCUT2D eigenvalue weighted by Gasteiger charge is -2.33. The van der Waals surface area contributed by atoms with E-state index in [-0.39, 0.29) is 17.2 Å². The summed E-state index contributed by atoms with van der Waals surface area (Å²) in [5.41, 5.74) is 3.82. The van der Waals surface area contributed by atoms with E-state index >= 15 is 0 Å². The summed E-state index contributed by atoms with van der Waals surface area (Å²) in [4.78, 5) is 26.2. The summed E-state index contributed by atoms with van der Waals surface area (Å²) in [5.74, 6) is 0.243.